The van der Waals surface area contributed by atoms with E-state index in [9.17, 15) is 9.59 Å². The maximum Gasteiger partial charge on any atom is 0.336 e. The number of H-pyrrole nitrogens is 1. The summed E-state index contributed by atoms with van der Waals surface area (Å²) in [6.07, 6.45) is 3.77. The third-order valence-electron chi connectivity index (χ3n) is 5.37. The molecular formula is C25H26N2O4. The summed E-state index contributed by atoms with van der Waals surface area (Å²) in [4.78, 5) is 27.6. The van der Waals surface area contributed by atoms with Gasteiger partial charge in [0.15, 0.2) is 6.10 Å². The molecule has 0 saturated carbocycles. The molecule has 4 rings (SSSR count). The number of fused-ring (bicyclic) bond motifs is 2. The van der Waals surface area contributed by atoms with Crippen LogP contribution in [0.3, 0.4) is 0 Å². The molecule has 0 bridgehead atoms. The Hall–Kier alpha value is -3.54. The molecule has 2 aromatic heterocycles. The van der Waals surface area contributed by atoms with Gasteiger partial charge in [0.2, 0.25) is 0 Å². The number of carbonyl (C=O) groups is 1. The lowest BCUT2D eigenvalue weighted by atomic mass is 10.1. The summed E-state index contributed by atoms with van der Waals surface area (Å²) in [6.45, 7) is 4.28. The number of carbonyl (C=O) groups excluding carboxylic acids is 1. The zero-order chi connectivity index (χ0) is 21.8. The molecule has 0 fully saturated rings. The molecule has 1 atom stereocenters. The highest BCUT2D eigenvalue weighted by molar-refractivity contribution is 5.84. The van der Waals surface area contributed by atoms with Crippen molar-refractivity contribution in [2.24, 2.45) is 0 Å². The van der Waals surface area contributed by atoms with E-state index in [4.69, 9.17) is 9.15 Å². The smallest absolute Gasteiger partial charge is 0.336 e. The van der Waals surface area contributed by atoms with Crippen molar-refractivity contribution in [1.29, 1.82) is 0 Å². The van der Waals surface area contributed by atoms with Crippen LogP contribution in [0.2, 0.25) is 0 Å². The number of aryl methyl sites for hydroxylation is 1. The van der Waals surface area contributed by atoms with E-state index in [-0.39, 0.29) is 11.5 Å². The molecule has 0 aliphatic heterocycles. The van der Waals surface area contributed by atoms with Crippen molar-refractivity contribution in [2.75, 3.05) is 6.54 Å². The maximum atomic E-state index is 12.5. The van der Waals surface area contributed by atoms with Crippen LogP contribution in [0.15, 0.2) is 63.9 Å². The average Bonchev–Trinajstić information content (AvgIpc) is 3.16. The number of hydrogen-bond donors (Lipinski definition) is 2. The lowest BCUT2D eigenvalue weighted by molar-refractivity contribution is -0.127. The van der Waals surface area contributed by atoms with Crippen LogP contribution in [0, 0.1) is 0 Å². The fourth-order valence-corrected chi connectivity index (χ4v) is 3.82. The lowest BCUT2D eigenvalue weighted by Gasteiger charge is -2.15. The number of nitrogens with one attached hydrogen (secondary N) is 2. The molecule has 2 N–H and O–H groups in total. The van der Waals surface area contributed by atoms with Gasteiger partial charge in [0.05, 0.1) is 0 Å². The molecule has 4 aromatic rings. The number of rotatable bonds is 8. The SMILES string of the molecule is CCCc1cc(=O)oc2cc(O[C@@H](C)C(=O)NCCc3c[nH]c4ccccc34)ccc12. The summed E-state index contributed by atoms with van der Waals surface area (Å²) >= 11 is 0. The van der Waals surface area contributed by atoms with Gasteiger partial charge in [-0.2, -0.15) is 0 Å². The van der Waals surface area contributed by atoms with Gasteiger partial charge in [0.1, 0.15) is 11.3 Å². The molecule has 1 amide bonds. The molecule has 0 saturated heterocycles. The van der Waals surface area contributed by atoms with Crippen molar-refractivity contribution in [3.05, 3.63) is 76.3 Å². The van der Waals surface area contributed by atoms with Crippen LogP contribution in [0.25, 0.3) is 21.9 Å². The van der Waals surface area contributed by atoms with Crippen LogP contribution < -0.4 is 15.7 Å². The normalized spacial score (nSPS) is 12.2. The first kappa shape index (κ1) is 20.7. The van der Waals surface area contributed by atoms with Gasteiger partial charge in [-0.05, 0) is 49.1 Å². The Labute approximate surface area is 180 Å². The van der Waals surface area contributed by atoms with Crippen LogP contribution in [-0.2, 0) is 17.6 Å². The molecule has 0 aliphatic carbocycles. The highest BCUT2D eigenvalue weighted by atomic mass is 16.5. The number of aromatic amines is 1. The predicted molar refractivity (Wildman–Crippen MR) is 122 cm³/mol. The number of hydrogen-bond acceptors (Lipinski definition) is 4. The molecule has 6 heteroatoms. The van der Waals surface area contributed by atoms with Gasteiger partial charge in [-0.1, -0.05) is 31.5 Å². The molecule has 2 heterocycles. The first-order valence-electron chi connectivity index (χ1n) is 10.6. The van der Waals surface area contributed by atoms with E-state index >= 15 is 0 Å². The van der Waals surface area contributed by atoms with E-state index in [2.05, 4.69) is 23.3 Å². The van der Waals surface area contributed by atoms with Crippen molar-refractivity contribution in [2.45, 2.75) is 39.2 Å². The van der Waals surface area contributed by atoms with Crippen molar-refractivity contribution >= 4 is 27.8 Å². The number of benzene rings is 2. The Kier molecular flexibility index (Phi) is 6.07. The van der Waals surface area contributed by atoms with Gasteiger partial charge in [-0.25, -0.2) is 4.79 Å². The molecule has 2 aromatic carbocycles. The monoisotopic (exact) mass is 418 g/mol. The predicted octanol–water partition coefficient (Wildman–Crippen LogP) is 4.35. The quantitative estimate of drug-likeness (QED) is 0.417. The third kappa shape index (κ3) is 4.63. The van der Waals surface area contributed by atoms with Crippen molar-refractivity contribution in [3.8, 4) is 5.75 Å². The van der Waals surface area contributed by atoms with Gasteiger partial charge in [-0.3, -0.25) is 4.79 Å². The minimum atomic E-state index is -0.675. The van der Waals surface area contributed by atoms with E-state index < -0.39 is 6.10 Å². The summed E-state index contributed by atoms with van der Waals surface area (Å²) in [5.41, 5.74) is 3.31. The Balaban J connectivity index is 1.38. The number of para-hydroxylation sites is 1. The van der Waals surface area contributed by atoms with Gasteiger partial charge in [0, 0.05) is 41.2 Å². The third-order valence-corrected chi connectivity index (χ3v) is 5.37. The molecule has 0 unspecified atom stereocenters. The maximum absolute atomic E-state index is 12.5. The summed E-state index contributed by atoms with van der Waals surface area (Å²) < 4.78 is 11.1. The first-order chi connectivity index (χ1) is 15.0. The average molecular weight is 418 g/mol. The summed E-state index contributed by atoms with van der Waals surface area (Å²) in [5.74, 6) is 0.296. The fraction of sp³-hybridized carbons (Fsp3) is 0.280. The molecule has 160 valence electrons. The van der Waals surface area contributed by atoms with E-state index in [0.29, 0.717) is 17.9 Å². The van der Waals surface area contributed by atoms with Gasteiger partial charge >= 0.3 is 5.63 Å². The van der Waals surface area contributed by atoms with Crippen LogP contribution >= 0.6 is 0 Å². The summed E-state index contributed by atoms with van der Waals surface area (Å²) in [7, 11) is 0. The van der Waals surface area contributed by atoms with Crippen LogP contribution in [0.4, 0.5) is 0 Å². The Bertz CT molecular complexity index is 1270. The van der Waals surface area contributed by atoms with Crippen LogP contribution in [0.5, 0.6) is 5.75 Å². The van der Waals surface area contributed by atoms with Crippen LogP contribution in [0.1, 0.15) is 31.4 Å². The van der Waals surface area contributed by atoms with Crippen molar-refractivity contribution < 1.29 is 13.9 Å². The fourth-order valence-electron chi connectivity index (χ4n) is 3.82. The molecule has 0 spiro atoms. The Morgan fingerprint density at radius 2 is 1.94 bits per heavy atom. The lowest BCUT2D eigenvalue weighted by Crippen LogP contribution is -2.37. The minimum Gasteiger partial charge on any atom is -0.481 e. The number of ether oxygens (including phenoxy) is 1. The Morgan fingerprint density at radius 3 is 2.77 bits per heavy atom. The highest BCUT2D eigenvalue weighted by Crippen LogP contribution is 2.24. The topological polar surface area (TPSA) is 84.3 Å². The summed E-state index contributed by atoms with van der Waals surface area (Å²) in [6, 6.07) is 15.0. The molecule has 0 aliphatic rings. The molecular weight excluding hydrogens is 392 g/mol. The van der Waals surface area contributed by atoms with Gasteiger partial charge in [-0.15, -0.1) is 0 Å². The number of amides is 1. The second-order valence-corrected chi connectivity index (χ2v) is 7.66. The van der Waals surface area contributed by atoms with E-state index in [1.165, 1.54) is 11.5 Å². The minimum absolute atomic E-state index is 0.193. The van der Waals surface area contributed by atoms with Crippen molar-refractivity contribution in [3.63, 3.8) is 0 Å². The molecule has 6 nitrogen and oxygen atoms in total. The zero-order valence-corrected chi connectivity index (χ0v) is 17.7. The molecule has 31 heavy (non-hydrogen) atoms. The standard InChI is InChI=1S/C25H26N2O4/c1-3-6-17-13-24(28)31-23-14-19(9-10-21(17)23)30-16(2)25(29)26-12-11-18-15-27-22-8-5-4-7-20(18)22/h4-5,7-10,13-16,27H,3,6,11-12H2,1-2H3,(H,26,29)/t16-/m0/s1. The Morgan fingerprint density at radius 1 is 1.10 bits per heavy atom. The molecule has 0 radical (unpaired) electrons. The van der Waals surface area contributed by atoms with Crippen molar-refractivity contribution in [1.82, 2.24) is 10.3 Å². The van der Waals surface area contributed by atoms with Crippen LogP contribution in [-0.4, -0.2) is 23.5 Å². The largest absolute Gasteiger partial charge is 0.481 e. The second kappa shape index (κ2) is 9.08. The van der Waals surface area contributed by atoms with E-state index in [1.807, 2.05) is 30.5 Å². The first-order valence-corrected chi connectivity index (χ1v) is 10.6. The van der Waals surface area contributed by atoms with Gasteiger partial charge < -0.3 is 19.5 Å². The zero-order valence-electron chi connectivity index (χ0n) is 17.7. The summed E-state index contributed by atoms with van der Waals surface area (Å²) in [5, 5.41) is 4.99. The van der Waals surface area contributed by atoms with Gasteiger partial charge in [0.25, 0.3) is 5.91 Å². The van der Waals surface area contributed by atoms with E-state index in [0.717, 1.165) is 41.3 Å². The van der Waals surface area contributed by atoms with E-state index in [1.54, 1.807) is 19.1 Å². The number of aromatic nitrogens is 1. The second-order valence-electron chi connectivity index (χ2n) is 7.66. The highest BCUT2D eigenvalue weighted by Gasteiger charge is 2.15.